The van der Waals surface area contributed by atoms with Gasteiger partial charge in [0.1, 0.15) is 0 Å². The van der Waals surface area contributed by atoms with Crippen molar-refractivity contribution < 1.29 is 9.90 Å². The molecule has 0 aliphatic carbocycles. The predicted molar refractivity (Wildman–Crippen MR) is 127 cm³/mol. The fourth-order valence-corrected chi connectivity index (χ4v) is 4.48. The van der Waals surface area contributed by atoms with Crippen LogP contribution in [0.5, 0.6) is 0 Å². The van der Waals surface area contributed by atoms with E-state index in [9.17, 15) is 9.90 Å². The largest absolute Gasteiger partial charge is 0.478 e. The minimum Gasteiger partial charge on any atom is -0.478 e. The highest BCUT2D eigenvalue weighted by atomic mass is 35.5. The van der Waals surface area contributed by atoms with Gasteiger partial charge in [0.25, 0.3) is 0 Å². The van der Waals surface area contributed by atoms with Crippen molar-refractivity contribution in [3.05, 3.63) is 94.6 Å². The summed E-state index contributed by atoms with van der Waals surface area (Å²) in [6, 6.07) is 24.0. The molecule has 4 nitrogen and oxygen atoms in total. The summed E-state index contributed by atoms with van der Waals surface area (Å²) in [7, 11) is 0. The Morgan fingerprint density at radius 3 is 2.52 bits per heavy atom. The van der Waals surface area contributed by atoms with Gasteiger partial charge < -0.3 is 9.67 Å². The number of rotatable bonds is 4. The molecule has 0 unspecified atom stereocenters. The van der Waals surface area contributed by atoms with Crippen LogP contribution in [0.15, 0.2) is 72.8 Å². The average molecular weight is 453 g/mol. The summed E-state index contributed by atoms with van der Waals surface area (Å²) >= 11 is 6.06. The maximum absolute atomic E-state index is 11.3. The van der Waals surface area contributed by atoms with Crippen molar-refractivity contribution in [2.24, 2.45) is 0 Å². The van der Waals surface area contributed by atoms with Gasteiger partial charge in [0.15, 0.2) is 0 Å². The molecule has 0 fully saturated rings. The molecule has 1 aromatic heterocycles. The molecule has 31 heavy (non-hydrogen) atoms. The zero-order valence-corrected chi connectivity index (χ0v) is 18.4. The zero-order valence-electron chi connectivity index (χ0n) is 16.8. The van der Waals surface area contributed by atoms with Gasteiger partial charge in [-0.2, -0.15) is 0 Å². The first kappa shape index (κ1) is 21.4. The Hall–Kier alpha value is -2.79. The summed E-state index contributed by atoms with van der Waals surface area (Å²) in [6.45, 7) is 3.55. The zero-order chi connectivity index (χ0) is 20.7. The Kier molecular flexibility index (Phi) is 6.05. The van der Waals surface area contributed by atoms with Gasteiger partial charge >= 0.3 is 5.97 Å². The SMILES string of the molecule is Cl.O=C(O)c1ccc2c(c1)cc1n2CCN(Cc2ccccc2-c2ccc(Cl)cc2)C1. The van der Waals surface area contributed by atoms with E-state index in [1.807, 2.05) is 18.2 Å². The Morgan fingerprint density at radius 2 is 1.74 bits per heavy atom. The lowest BCUT2D eigenvalue weighted by Crippen LogP contribution is -2.33. The standard InChI is InChI=1S/C25H21ClN2O2.ClH/c26-21-8-5-17(6-9-21)23-4-2-1-3-19(23)15-27-11-12-28-22(16-27)14-20-13-18(25(29)30)7-10-24(20)28;/h1-10,13-14H,11-12,15-16H2,(H,29,30);1H. The van der Waals surface area contributed by atoms with Crippen molar-refractivity contribution in [2.75, 3.05) is 6.54 Å². The number of carboxylic acid groups (broad SMARTS) is 1. The summed E-state index contributed by atoms with van der Waals surface area (Å²) in [4.78, 5) is 13.7. The third-order valence-corrected chi connectivity index (χ3v) is 6.08. The van der Waals surface area contributed by atoms with Gasteiger partial charge in [-0.05, 0) is 53.1 Å². The van der Waals surface area contributed by atoms with E-state index in [-0.39, 0.29) is 12.4 Å². The Balaban J connectivity index is 0.00000231. The molecular formula is C25H22Cl2N2O2. The number of benzene rings is 3. The van der Waals surface area contributed by atoms with Crippen LogP contribution < -0.4 is 0 Å². The van der Waals surface area contributed by atoms with Crippen LogP contribution in [0.3, 0.4) is 0 Å². The first-order chi connectivity index (χ1) is 14.6. The first-order valence-corrected chi connectivity index (χ1v) is 10.4. The molecule has 0 saturated heterocycles. The minimum absolute atomic E-state index is 0. The lowest BCUT2D eigenvalue weighted by molar-refractivity contribution is 0.0697. The Labute approximate surface area is 192 Å². The molecule has 1 aliphatic heterocycles. The van der Waals surface area contributed by atoms with Crippen molar-refractivity contribution in [3.8, 4) is 11.1 Å². The predicted octanol–water partition coefficient (Wildman–Crippen LogP) is 6.10. The van der Waals surface area contributed by atoms with Gasteiger partial charge in [0.2, 0.25) is 0 Å². The van der Waals surface area contributed by atoms with Crippen LogP contribution in [0.2, 0.25) is 5.02 Å². The van der Waals surface area contributed by atoms with Crippen LogP contribution in [0, 0.1) is 0 Å². The molecule has 0 amide bonds. The highest BCUT2D eigenvalue weighted by molar-refractivity contribution is 6.30. The number of hydrogen-bond acceptors (Lipinski definition) is 2. The lowest BCUT2D eigenvalue weighted by atomic mass is 9.99. The second-order valence-electron chi connectivity index (χ2n) is 7.74. The number of carboxylic acids is 1. The van der Waals surface area contributed by atoms with Gasteiger partial charge in [-0.25, -0.2) is 4.79 Å². The third-order valence-electron chi connectivity index (χ3n) is 5.83. The molecule has 158 valence electrons. The molecular weight excluding hydrogens is 431 g/mol. The van der Waals surface area contributed by atoms with Crippen LogP contribution in [0.4, 0.5) is 0 Å². The van der Waals surface area contributed by atoms with Crippen LogP contribution in [0.25, 0.3) is 22.0 Å². The molecule has 4 aromatic rings. The van der Waals surface area contributed by atoms with Crippen LogP contribution >= 0.6 is 24.0 Å². The second kappa shape index (κ2) is 8.75. The van der Waals surface area contributed by atoms with E-state index < -0.39 is 5.97 Å². The molecule has 0 atom stereocenters. The molecule has 0 bridgehead atoms. The molecule has 5 rings (SSSR count). The highest BCUT2D eigenvalue weighted by Gasteiger charge is 2.20. The maximum Gasteiger partial charge on any atom is 0.335 e. The Bertz CT molecular complexity index is 1250. The number of carbonyl (C=O) groups is 1. The topological polar surface area (TPSA) is 45.5 Å². The van der Waals surface area contributed by atoms with E-state index in [1.54, 1.807) is 12.1 Å². The fourth-order valence-electron chi connectivity index (χ4n) is 4.35. The molecule has 0 saturated carbocycles. The molecule has 2 heterocycles. The molecule has 1 N–H and O–H groups in total. The number of halogens is 2. The van der Waals surface area contributed by atoms with E-state index in [0.717, 1.165) is 42.1 Å². The van der Waals surface area contributed by atoms with Crippen LogP contribution in [-0.2, 0) is 19.6 Å². The van der Waals surface area contributed by atoms with E-state index >= 15 is 0 Å². The lowest BCUT2D eigenvalue weighted by Gasteiger charge is -2.29. The normalized spacial score (nSPS) is 13.6. The van der Waals surface area contributed by atoms with E-state index in [0.29, 0.717) is 5.56 Å². The second-order valence-corrected chi connectivity index (χ2v) is 8.18. The molecule has 0 spiro atoms. The number of nitrogens with zero attached hydrogens (tertiary/aromatic N) is 2. The van der Waals surface area contributed by atoms with Crippen LogP contribution in [0.1, 0.15) is 21.6 Å². The average Bonchev–Trinajstić information content (AvgIpc) is 3.11. The number of fused-ring (bicyclic) bond motifs is 3. The summed E-state index contributed by atoms with van der Waals surface area (Å²) in [5.41, 5.74) is 6.35. The quantitative estimate of drug-likeness (QED) is 0.406. The van der Waals surface area contributed by atoms with Crippen molar-refractivity contribution in [1.82, 2.24) is 9.47 Å². The van der Waals surface area contributed by atoms with Crippen molar-refractivity contribution in [1.29, 1.82) is 0 Å². The number of aromatic nitrogens is 1. The molecule has 6 heteroatoms. The minimum atomic E-state index is -0.887. The smallest absolute Gasteiger partial charge is 0.335 e. The number of aromatic carboxylic acids is 1. The summed E-state index contributed by atoms with van der Waals surface area (Å²) in [5, 5.41) is 11.0. The Morgan fingerprint density at radius 1 is 0.968 bits per heavy atom. The summed E-state index contributed by atoms with van der Waals surface area (Å²) < 4.78 is 2.31. The summed E-state index contributed by atoms with van der Waals surface area (Å²) in [6.07, 6.45) is 0. The van der Waals surface area contributed by atoms with Crippen molar-refractivity contribution in [2.45, 2.75) is 19.6 Å². The van der Waals surface area contributed by atoms with Crippen molar-refractivity contribution >= 4 is 40.9 Å². The highest BCUT2D eigenvalue weighted by Crippen LogP contribution is 2.29. The van der Waals surface area contributed by atoms with E-state index in [2.05, 4.69) is 51.9 Å². The van der Waals surface area contributed by atoms with Gasteiger partial charge in [-0.1, -0.05) is 48.0 Å². The van der Waals surface area contributed by atoms with Crippen LogP contribution in [-0.4, -0.2) is 27.1 Å². The number of hydrogen-bond donors (Lipinski definition) is 1. The van der Waals surface area contributed by atoms with E-state index in [4.69, 9.17) is 11.6 Å². The fraction of sp³-hybridized carbons (Fsp3) is 0.160. The summed E-state index contributed by atoms with van der Waals surface area (Å²) in [5.74, 6) is -0.887. The third kappa shape index (κ3) is 4.19. The maximum atomic E-state index is 11.3. The molecule has 3 aromatic carbocycles. The monoisotopic (exact) mass is 452 g/mol. The first-order valence-electron chi connectivity index (χ1n) is 10.0. The van der Waals surface area contributed by atoms with Gasteiger partial charge in [0.05, 0.1) is 5.56 Å². The molecule has 0 radical (unpaired) electrons. The van der Waals surface area contributed by atoms with Gasteiger partial charge in [0, 0.05) is 47.8 Å². The van der Waals surface area contributed by atoms with Crippen molar-refractivity contribution in [3.63, 3.8) is 0 Å². The molecule has 1 aliphatic rings. The van der Waals surface area contributed by atoms with Gasteiger partial charge in [-0.3, -0.25) is 4.90 Å². The van der Waals surface area contributed by atoms with Gasteiger partial charge in [-0.15, -0.1) is 12.4 Å². The van der Waals surface area contributed by atoms with E-state index in [1.165, 1.54) is 22.4 Å².